The van der Waals surface area contributed by atoms with E-state index in [2.05, 4.69) is 22.2 Å². The van der Waals surface area contributed by atoms with E-state index in [1.54, 1.807) is 24.7 Å². The van der Waals surface area contributed by atoms with Crippen LogP contribution >= 0.6 is 0 Å². The Balaban J connectivity index is 2.38. The summed E-state index contributed by atoms with van der Waals surface area (Å²) in [6.07, 6.45) is 7.42. The van der Waals surface area contributed by atoms with Crippen molar-refractivity contribution in [2.24, 2.45) is 0 Å². The van der Waals surface area contributed by atoms with Crippen LogP contribution in [0.2, 0.25) is 0 Å². The van der Waals surface area contributed by atoms with E-state index in [0.717, 1.165) is 24.1 Å². The molecule has 100 valence electrons. The number of aryl methyl sites for hydroxylation is 1. The molecule has 2 aromatic heterocycles. The van der Waals surface area contributed by atoms with Gasteiger partial charge in [0.1, 0.15) is 5.82 Å². The molecule has 0 radical (unpaired) electrons. The highest BCUT2D eigenvalue weighted by Gasteiger charge is 2.17. The molecule has 0 bridgehead atoms. The molecule has 2 aromatic rings. The molecule has 1 atom stereocenters. The number of pyridine rings is 2. The molecule has 3 nitrogen and oxygen atoms in total. The van der Waals surface area contributed by atoms with Crippen molar-refractivity contribution in [1.29, 1.82) is 0 Å². The Labute approximate surface area is 112 Å². The third-order valence-corrected chi connectivity index (χ3v) is 2.94. The fraction of sp³-hybridized carbons (Fsp3) is 0.333. The van der Waals surface area contributed by atoms with Gasteiger partial charge in [-0.3, -0.25) is 9.97 Å². The molecule has 4 heteroatoms. The highest BCUT2D eigenvalue weighted by molar-refractivity contribution is 5.31. The van der Waals surface area contributed by atoms with E-state index in [0.29, 0.717) is 5.56 Å². The maximum Gasteiger partial charge on any atom is 0.146 e. The second kappa shape index (κ2) is 6.38. The molecule has 2 heterocycles. The first kappa shape index (κ1) is 13.6. The monoisotopic (exact) mass is 259 g/mol. The van der Waals surface area contributed by atoms with Gasteiger partial charge < -0.3 is 5.32 Å². The Morgan fingerprint density at radius 1 is 1.26 bits per heavy atom. The third kappa shape index (κ3) is 3.35. The van der Waals surface area contributed by atoms with Crippen molar-refractivity contribution in [3.05, 3.63) is 59.4 Å². The van der Waals surface area contributed by atoms with Gasteiger partial charge in [-0.15, -0.1) is 0 Å². The van der Waals surface area contributed by atoms with Crippen LogP contribution in [0.1, 0.15) is 36.1 Å². The van der Waals surface area contributed by atoms with E-state index in [9.17, 15) is 4.39 Å². The summed E-state index contributed by atoms with van der Waals surface area (Å²) in [5.41, 5.74) is 2.64. The molecule has 0 amide bonds. The lowest BCUT2D eigenvalue weighted by Crippen LogP contribution is -2.24. The number of nitrogens with one attached hydrogen (secondary N) is 1. The van der Waals surface area contributed by atoms with Crippen LogP contribution in [0.15, 0.2) is 36.9 Å². The molecule has 1 unspecified atom stereocenters. The Bertz CT molecular complexity index is 542. The van der Waals surface area contributed by atoms with E-state index in [4.69, 9.17) is 0 Å². The van der Waals surface area contributed by atoms with Crippen LogP contribution in [0.3, 0.4) is 0 Å². The summed E-state index contributed by atoms with van der Waals surface area (Å²) in [6, 6.07) is 3.56. The molecule has 0 saturated heterocycles. The fourth-order valence-electron chi connectivity index (χ4n) is 2.05. The third-order valence-electron chi connectivity index (χ3n) is 2.94. The summed E-state index contributed by atoms with van der Waals surface area (Å²) < 4.78 is 13.9. The molecule has 0 saturated carbocycles. The van der Waals surface area contributed by atoms with Crippen LogP contribution in [0.25, 0.3) is 0 Å². The van der Waals surface area contributed by atoms with Crippen LogP contribution in [0.5, 0.6) is 0 Å². The first-order chi connectivity index (χ1) is 9.22. The highest BCUT2D eigenvalue weighted by atomic mass is 19.1. The van der Waals surface area contributed by atoms with Crippen molar-refractivity contribution in [3.8, 4) is 0 Å². The lowest BCUT2D eigenvalue weighted by atomic mass is 9.99. The molecule has 0 aromatic carbocycles. The number of hydrogen-bond donors (Lipinski definition) is 1. The van der Waals surface area contributed by atoms with Gasteiger partial charge in [-0.1, -0.05) is 13.0 Å². The predicted molar refractivity (Wildman–Crippen MR) is 73.3 cm³/mol. The normalized spacial score (nSPS) is 12.4. The van der Waals surface area contributed by atoms with Gasteiger partial charge in [0.25, 0.3) is 0 Å². The summed E-state index contributed by atoms with van der Waals surface area (Å²) in [6.45, 7) is 4.89. The summed E-state index contributed by atoms with van der Waals surface area (Å²) >= 11 is 0. The van der Waals surface area contributed by atoms with E-state index in [-0.39, 0.29) is 11.9 Å². The zero-order valence-electron chi connectivity index (χ0n) is 11.2. The van der Waals surface area contributed by atoms with Crippen molar-refractivity contribution in [3.63, 3.8) is 0 Å². The summed E-state index contributed by atoms with van der Waals surface area (Å²) in [4.78, 5) is 7.99. The number of rotatable bonds is 5. The van der Waals surface area contributed by atoms with Gasteiger partial charge in [-0.2, -0.15) is 0 Å². The van der Waals surface area contributed by atoms with E-state index < -0.39 is 0 Å². The molecular weight excluding hydrogens is 241 g/mol. The number of nitrogens with zero attached hydrogens (tertiary/aromatic N) is 2. The smallest absolute Gasteiger partial charge is 0.146 e. The van der Waals surface area contributed by atoms with Gasteiger partial charge in [0.05, 0.1) is 12.2 Å². The lowest BCUT2D eigenvalue weighted by molar-refractivity contribution is 0.542. The predicted octanol–water partition coefficient (Wildman–Crippen LogP) is 3.01. The maximum absolute atomic E-state index is 13.9. The minimum atomic E-state index is -0.294. The number of hydrogen-bond acceptors (Lipinski definition) is 3. The Morgan fingerprint density at radius 3 is 2.79 bits per heavy atom. The first-order valence-corrected chi connectivity index (χ1v) is 6.46. The topological polar surface area (TPSA) is 37.8 Å². The van der Waals surface area contributed by atoms with Crippen LogP contribution in [-0.2, 0) is 0 Å². The zero-order chi connectivity index (χ0) is 13.7. The van der Waals surface area contributed by atoms with Crippen LogP contribution in [0, 0.1) is 12.7 Å². The number of aromatic nitrogens is 2. The van der Waals surface area contributed by atoms with Crippen LogP contribution < -0.4 is 5.32 Å². The SMILES string of the molecule is CCCNC(c1cncc(C)c1)c1ccncc1F. The van der Waals surface area contributed by atoms with Gasteiger partial charge >= 0.3 is 0 Å². The van der Waals surface area contributed by atoms with Crippen LogP contribution in [-0.4, -0.2) is 16.5 Å². The summed E-state index contributed by atoms with van der Waals surface area (Å²) in [7, 11) is 0. The van der Waals surface area contributed by atoms with Crippen molar-refractivity contribution in [2.75, 3.05) is 6.54 Å². The minimum absolute atomic E-state index is 0.185. The maximum atomic E-state index is 13.9. The standard InChI is InChI=1S/C15H18FN3/c1-3-5-19-15(12-7-11(2)8-18-9-12)13-4-6-17-10-14(13)16/h4,6-10,15,19H,3,5H2,1-2H3. The molecule has 0 aliphatic rings. The molecule has 0 aliphatic carbocycles. The molecule has 0 fully saturated rings. The van der Waals surface area contributed by atoms with Gasteiger partial charge in [-0.05, 0) is 37.1 Å². The van der Waals surface area contributed by atoms with Crippen molar-refractivity contribution in [2.45, 2.75) is 26.3 Å². The van der Waals surface area contributed by atoms with E-state index in [1.807, 2.05) is 13.0 Å². The number of halogens is 1. The van der Waals surface area contributed by atoms with Gasteiger partial charge in [0.2, 0.25) is 0 Å². The summed E-state index contributed by atoms with van der Waals surface area (Å²) in [5, 5.41) is 3.36. The highest BCUT2D eigenvalue weighted by Crippen LogP contribution is 2.23. The van der Waals surface area contributed by atoms with E-state index >= 15 is 0 Å². The van der Waals surface area contributed by atoms with Gasteiger partial charge in [0, 0.05) is 24.2 Å². The molecule has 2 rings (SSSR count). The second-order valence-corrected chi connectivity index (χ2v) is 4.58. The average Bonchev–Trinajstić information content (AvgIpc) is 2.41. The summed E-state index contributed by atoms with van der Waals surface area (Å²) in [5.74, 6) is -0.294. The largest absolute Gasteiger partial charge is 0.306 e. The molecule has 0 spiro atoms. The van der Waals surface area contributed by atoms with Crippen molar-refractivity contribution >= 4 is 0 Å². The molecule has 0 aliphatic heterocycles. The zero-order valence-corrected chi connectivity index (χ0v) is 11.2. The first-order valence-electron chi connectivity index (χ1n) is 6.46. The minimum Gasteiger partial charge on any atom is -0.306 e. The van der Waals surface area contributed by atoms with E-state index in [1.165, 1.54) is 6.20 Å². The van der Waals surface area contributed by atoms with Crippen LogP contribution in [0.4, 0.5) is 4.39 Å². The quantitative estimate of drug-likeness (QED) is 0.897. The molecule has 1 N–H and O–H groups in total. The Hall–Kier alpha value is -1.81. The second-order valence-electron chi connectivity index (χ2n) is 4.58. The lowest BCUT2D eigenvalue weighted by Gasteiger charge is -2.20. The average molecular weight is 259 g/mol. The van der Waals surface area contributed by atoms with Gasteiger partial charge in [-0.25, -0.2) is 4.39 Å². The Kier molecular flexibility index (Phi) is 4.58. The van der Waals surface area contributed by atoms with Crippen molar-refractivity contribution < 1.29 is 4.39 Å². The fourth-order valence-corrected chi connectivity index (χ4v) is 2.05. The molecular formula is C15H18FN3. The van der Waals surface area contributed by atoms with Gasteiger partial charge in [0.15, 0.2) is 0 Å². The van der Waals surface area contributed by atoms with Crippen molar-refractivity contribution in [1.82, 2.24) is 15.3 Å². The Morgan fingerprint density at radius 2 is 2.11 bits per heavy atom. The molecule has 19 heavy (non-hydrogen) atoms.